The van der Waals surface area contributed by atoms with Crippen molar-refractivity contribution in [3.63, 3.8) is 0 Å². The molecule has 0 aliphatic carbocycles. The Balaban J connectivity index is 1.13. The fourth-order valence-electron chi connectivity index (χ4n) is 8.72. The van der Waals surface area contributed by atoms with Gasteiger partial charge in [-0.2, -0.15) is 0 Å². The quantitative estimate of drug-likeness (QED) is 0.188. The standard InChI is InChI=1S/C48H28N2O2/c1-2-13-30(14-3-1)49-39-21-7-4-17-37(39)44-41(49)26-24-35-36-25-27-42-45(48(36)52-47(35)44)38-18-5-8-22-40(38)50(42)31-15-10-12-29(28-31)32-19-11-20-34-33-16-6-9-23-43(33)51-46(32)34/h1-28H. The van der Waals surface area contributed by atoms with Crippen molar-refractivity contribution in [1.29, 1.82) is 0 Å². The average molecular weight is 665 g/mol. The topological polar surface area (TPSA) is 36.1 Å². The van der Waals surface area contributed by atoms with E-state index in [-0.39, 0.29) is 0 Å². The van der Waals surface area contributed by atoms with Crippen LogP contribution in [0.1, 0.15) is 0 Å². The van der Waals surface area contributed by atoms with Gasteiger partial charge in [0, 0.05) is 49.3 Å². The molecule has 0 fully saturated rings. The van der Waals surface area contributed by atoms with E-state index in [2.05, 4.69) is 167 Å². The maximum atomic E-state index is 7.12. The molecule has 0 saturated carbocycles. The monoisotopic (exact) mass is 664 g/mol. The Hall–Kier alpha value is -7.04. The summed E-state index contributed by atoms with van der Waals surface area (Å²) in [5.41, 5.74) is 12.6. The predicted octanol–water partition coefficient (Wildman–Crippen LogP) is 13.3. The van der Waals surface area contributed by atoms with Gasteiger partial charge in [-0.15, -0.1) is 0 Å². The summed E-state index contributed by atoms with van der Waals surface area (Å²) in [6.45, 7) is 0. The minimum absolute atomic E-state index is 0.903. The number of furan rings is 2. The van der Waals surface area contributed by atoms with Gasteiger partial charge in [0.25, 0.3) is 0 Å². The molecule has 0 bridgehead atoms. The van der Waals surface area contributed by atoms with Crippen LogP contribution in [0.4, 0.5) is 0 Å². The molecule has 12 aromatic rings. The van der Waals surface area contributed by atoms with Gasteiger partial charge in [0.15, 0.2) is 0 Å². The first-order chi connectivity index (χ1) is 25.8. The van der Waals surface area contributed by atoms with Crippen LogP contribution in [0.15, 0.2) is 179 Å². The van der Waals surface area contributed by atoms with Gasteiger partial charge in [0.2, 0.25) is 0 Å². The lowest BCUT2D eigenvalue weighted by Gasteiger charge is -2.10. The highest BCUT2D eigenvalue weighted by Crippen LogP contribution is 2.45. The van der Waals surface area contributed by atoms with Gasteiger partial charge in [0.1, 0.15) is 22.3 Å². The molecule has 0 saturated heterocycles. The Bertz CT molecular complexity index is 3410. The van der Waals surface area contributed by atoms with E-state index in [0.29, 0.717) is 0 Å². The Labute approximate surface area is 296 Å². The van der Waals surface area contributed by atoms with Gasteiger partial charge < -0.3 is 18.0 Å². The van der Waals surface area contributed by atoms with E-state index in [1.165, 1.54) is 5.39 Å². The van der Waals surface area contributed by atoms with Crippen molar-refractivity contribution in [2.24, 2.45) is 0 Å². The number of para-hydroxylation sites is 5. The van der Waals surface area contributed by atoms with E-state index >= 15 is 0 Å². The van der Waals surface area contributed by atoms with E-state index in [0.717, 1.165) is 105 Å². The summed E-state index contributed by atoms with van der Waals surface area (Å²) in [6, 6.07) is 60.4. The number of nitrogens with zero attached hydrogens (tertiary/aromatic N) is 2. The van der Waals surface area contributed by atoms with Crippen molar-refractivity contribution in [2.75, 3.05) is 0 Å². The molecule has 0 N–H and O–H groups in total. The van der Waals surface area contributed by atoms with Crippen LogP contribution in [-0.4, -0.2) is 9.13 Å². The van der Waals surface area contributed by atoms with Crippen molar-refractivity contribution < 1.29 is 8.83 Å². The van der Waals surface area contributed by atoms with E-state index in [4.69, 9.17) is 8.83 Å². The summed E-state index contributed by atoms with van der Waals surface area (Å²) in [5, 5.41) is 9.10. The predicted molar refractivity (Wildman–Crippen MR) is 215 cm³/mol. The van der Waals surface area contributed by atoms with Gasteiger partial charge in [0.05, 0.1) is 32.8 Å². The molecule has 4 heterocycles. The maximum absolute atomic E-state index is 7.12. The lowest BCUT2D eigenvalue weighted by molar-refractivity contribution is 0.670. The minimum Gasteiger partial charge on any atom is -0.455 e. The Morgan fingerprint density at radius 2 is 0.865 bits per heavy atom. The minimum atomic E-state index is 0.903. The number of hydrogen-bond acceptors (Lipinski definition) is 2. The average Bonchev–Trinajstić information content (AvgIpc) is 3.95. The molecule has 52 heavy (non-hydrogen) atoms. The summed E-state index contributed by atoms with van der Waals surface area (Å²) in [6.07, 6.45) is 0. The van der Waals surface area contributed by atoms with Crippen molar-refractivity contribution in [3.05, 3.63) is 170 Å². The first-order valence-electron chi connectivity index (χ1n) is 17.7. The molecule has 0 spiro atoms. The summed E-state index contributed by atoms with van der Waals surface area (Å²) in [4.78, 5) is 0. The number of aromatic nitrogens is 2. The summed E-state index contributed by atoms with van der Waals surface area (Å²) in [7, 11) is 0. The third kappa shape index (κ3) is 3.65. The van der Waals surface area contributed by atoms with Crippen LogP contribution < -0.4 is 0 Å². The molecule has 4 nitrogen and oxygen atoms in total. The zero-order chi connectivity index (χ0) is 33.9. The zero-order valence-corrected chi connectivity index (χ0v) is 27.9. The third-order valence-corrected chi connectivity index (χ3v) is 10.9. The molecule has 12 rings (SSSR count). The molecule has 0 amide bonds. The summed E-state index contributed by atoms with van der Waals surface area (Å²) in [5.74, 6) is 0. The van der Waals surface area contributed by atoms with Crippen molar-refractivity contribution >= 4 is 87.5 Å². The van der Waals surface area contributed by atoms with Crippen molar-refractivity contribution in [3.8, 4) is 22.5 Å². The number of rotatable bonds is 3. The SMILES string of the molecule is c1ccc(-n2c3ccccc3c3c4oc5c(ccc6c5c5ccccc5n6-c5cccc(-c6cccc7c6oc6ccccc67)c5)c4ccc32)cc1. The summed E-state index contributed by atoms with van der Waals surface area (Å²) < 4.78 is 18.3. The Morgan fingerprint density at radius 1 is 0.327 bits per heavy atom. The molecule has 242 valence electrons. The highest BCUT2D eigenvalue weighted by molar-refractivity contribution is 6.29. The molecular formula is C48H28N2O2. The third-order valence-electron chi connectivity index (χ3n) is 10.9. The second-order valence-corrected chi connectivity index (χ2v) is 13.6. The molecule has 0 atom stereocenters. The van der Waals surface area contributed by atoms with Gasteiger partial charge in [-0.25, -0.2) is 0 Å². The molecule has 0 aliphatic rings. The highest BCUT2D eigenvalue weighted by Gasteiger charge is 2.22. The van der Waals surface area contributed by atoms with Crippen LogP contribution >= 0.6 is 0 Å². The van der Waals surface area contributed by atoms with E-state index in [1.54, 1.807) is 0 Å². The van der Waals surface area contributed by atoms with Gasteiger partial charge >= 0.3 is 0 Å². The molecule has 4 heteroatoms. The molecular weight excluding hydrogens is 637 g/mol. The highest BCUT2D eigenvalue weighted by atomic mass is 16.3. The maximum Gasteiger partial charge on any atom is 0.145 e. The summed E-state index contributed by atoms with van der Waals surface area (Å²) >= 11 is 0. The zero-order valence-electron chi connectivity index (χ0n) is 27.9. The number of benzene rings is 8. The second-order valence-electron chi connectivity index (χ2n) is 13.6. The lowest BCUT2D eigenvalue weighted by atomic mass is 10.0. The first-order valence-corrected chi connectivity index (χ1v) is 17.7. The smallest absolute Gasteiger partial charge is 0.145 e. The molecule has 4 aromatic heterocycles. The largest absolute Gasteiger partial charge is 0.455 e. The normalized spacial score (nSPS) is 12.2. The van der Waals surface area contributed by atoms with Gasteiger partial charge in [-0.1, -0.05) is 103 Å². The lowest BCUT2D eigenvalue weighted by Crippen LogP contribution is -1.94. The van der Waals surface area contributed by atoms with Crippen LogP contribution in [0.25, 0.3) is 110 Å². The Morgan fingerprint density at radius 3 is 1.58 bits per heavy atom. The number of hydrogen-bond donors (Lipinski definition) is 0. The molecule has 0 unspecified atom stereocenters. The second kappa shape index (κ2) is 10.3. The van der Waals surface area contributed by atoms with Crippen molar-refractivity contribution in [1.82, 2.24) is 9.13 Å². The van der Waals surface area contributed by atoms with Gasteiger partial charge in [-0.05, 0) is 72.3 Å². The van der Waals surface area contributed by atoms with Crippen LogP contribution in [0, 0.1) is 0 Å². The van der Waals surface area contributed by atoms with Crippen LogP contribution in [0.5, 0.6) is 0 Å². The van der Waals surface area contributed by atoms with Crippen LogP contribution in [0.3, 0.4) is 0 Å². The fraction of sp³-hybridized carbons (Fsp3) is 0. The Kier molecular flexibility index (Phi) is 5.47. The van der Waals surface area contributed by atoms with Crippen LogP contribution in [0.2, 0.25) is 0 Å². The van der Waals surface area contributed by atoms with E-state index < -0.39 is 0 Å². The van der Waals surface area contributed by atoms with E-state index in [9.17, 15) is 0 Å². The molecule has 0 aliphatic heterocycles. The number of fused-ring (bicyclic) bond motifs is 14. The first kappa shape index (κ1) is 27.7. The fourth-order valence-corrected chi connectivity index (χ4v) is 8.72. The van der Waals surface area contributed by atoms with Crippen molar-refractivity contribution in [2.45, 2.75) is 0 Å². The van der Waals surface area contributed by atoms with E-state index in [1.807, 2.05) is 12.1 Å². The molecule has 8 aromatic carbocycles. The molecule has 0 radical (unpaired) electrons. The van der Waals surface area contributed by atoms with Gasteiger partial charge in [-0.3, -0.25) is 0 Å². The van der Waals surface area contributed by atoms with Crippen LogP contribution in [-0.2, 0) is 0 Å².